The second-order valence-corrected chi connectivity index (χ2v) is 7.66. The number of carbonyl (C=O) groups is 3. The zero-order chi connectivity index (χ0) is 25.0. The van der Waals surface area contributed by atoms with E-state index in [4.69, 9.17) is 0 Å². The van der Waals surface area contributed by atoms with Crippen LogP contribution in [0.4, 0.5) is 26.3 Å². The van der Waals surface area contributed by atoms with Gasteiger partial charge in [0.1, 0.15) is 6.04 Å². The molecule has 2 N–H and O–H groups in total. The first-order valence-electron chi connectivity index (χ1n) is 10.0. The molecule has 1 unspecified atom stereocenters. The number of rotatable bonds is 5. The molecule has 182 valence electrons. The van der Waals surface area contributed by atoms with Crippen molar-refractivity contribution in [2.75, 3.05) is 13.6 Å². The molecule has 1 aromatic carbocycles. The summed E-state index contributed by atoms with van der Waals surface area (Å²) < 4.78 is 78.2. The first-order chi connectivity index (χ1) is 15.2. The van der Waals surface area contributed by atoms with E-state index < -0.39 is 52.9 Å². The summed E-state index contributed by atoms with van der Waals surface area (Å²) >= 11 is 0. The lowest BCUT2D eigenvalue weighted by Gasteiger charge is -2.23. The molecule has 33 heavy (non-hydrogen) atoms. The third-order valence-electron chi connectivity index (χ3n) is 5.14. The van der Waals surface area contributed by atoms with Crippen molar-refractivity contribution < 1.29 is 40.7 Å². The van der Waals surface area contributed by atoms with Gasteiger partial charge in [-0.25, -0.2) is 0 Å². The van der Waals surface area contributed by atoms with Gasteiger partial charge in [-0.05, 0) is 44.4 Å². The van der Waals surface area contributed by atoms with Crippen LogP contribution in [-0.4, -0.2) is 48.3 Å². The molecule has 12 heteroatoms. The van der Waals surface area contributed by atoms with Crippen LogP contribution in [0.2, 0.25) is 0 Å². The van der Waals surface area contributed by atoms with Crippen molar-refractivity contribution in [3.05, 3.63) is 47.0 Å². The maximum atomic E-state index is 13.0. The second-order valence-electron chi connectivity index (χ2n) is 7.66. The van der Waals surface area contributed by atoms with Crippen LogP contribution in [0, 0.1) is 0 Å². The smallest absolute Gasteiger partial charge is 0.354 e. The van der Waals surface area contributed by atoms with Crippen molar-refractivity contribution in [2.45, 2.75) is 50.6 Å². The molecule has 1 aromatic rings. The van der Waals surface area contributed by atoms with E-state index in [0.29, 0.717) is 25.1 Å². The highest BCUT2D eigenvalue weighted by atomic mass is 19.4. The Labute approximate surface area is 186 Å². The fraction of sp³-hybridized carbons (Fsp3) is 0.476. The highest BCUT2D eigenvalue weighted by Gasteiger charge is 2.38. The van der Waals surface area contributed by atoms with Crippen LogP contribution in [-0.2, 0) is 21.9 Å². The molecule has 1 fully saturated rings. The van der Waals surface area contributed by atoms with Gasteiger partial charge in [-0.15, -0.1) is 0 Å². The summed E-state index contributed by atoms with van der Waals surface area (Å²) in [6, 6.07) is -0.932. The number of likely N-dealkylation sites (N-methyl/N-ethyl adjacent to an activating group) is 1. The first-order valence-corrected chi connectivity index (χ1v) is 10.0. The second kappa shape index (κ2) is 10.3. The minimum Gasteiger partial charge on any atom is -0.354 e. The number of halogens is 6. The van der Waals surface area contributed by atoms with Gasteiger partial charge < -0.3 is 15.5 Å². The zero-order valence-corrected chi connectivity index (χ0v) is 17.8. The summed E-state index contributed by atoms with van der Waals surface area (Å²) in [4.78, 5) is 37.5. The molecular formula is C21H23F6N3O3. The van der Waals surface area contributed by atoms with Crippen molar-refractivity contribution in [1.29, 1.82) is 0 Å². The van der Waals surface area contributed by atoms with E-state index in [1.165, 1.54) is 20.0 Å². The van der Waals surface area contributed by atoms with Crippen LogP contribution in [0.15, 0.2) is 30.4 Å². The van der Waals surface area contributed by atoms with E-state index in [1.54, 1.807) is 0 Å². The predicted octanol–water partition coefficient (Wildman–Crippen LogP) is 3.53. The molecule has 1 aliphatic heterocycles. The number of carbonyl (C=O) groups excluding carboxylic acids is 3. The highest BCUT2D eigenvalue weighted by molar-refractivity contribution is 5.95. The maximum absolute atomic E-state index is 13.0. The van der Waals surface area contributed by atoms with Crippen LogP contribution in [0.25, 0.3) is 0 Å². The summed E-state index contributed by atoms with van der Waals surface area (Å²) in [6.07, 6.45) is -5.89. The monoisotopic (exact) mass is 479 g/mol. The van der Waals surface area contributed by atoms with Gasteiger partial charge in [-0.2, -0.15) is 26.3 Å². The van der Waals surface area contributed by atoms with E-state index in [9.17, 15) is 40.7 Å². The van der Waals surface area contributed by atoms with E-state index in [-0.39, 0.29) is 12.0 Å². The summed E-state index contributed by atoms with van der Waals surface area (Å²) in [7, 11) is 1.18. The number of hydrogen-bond donors (Lipinski definition) is 2. The van der Waals surface area contributed by atoms with Crippen LogP contribution >= 0.6 is 0 Å². The molecule has 0 aliphatic carbocycles. The maximum Gasteiger partial charge on any atom is 0.416 e. The Kier molecular flexibility index (Phi) is 8.15. The zero-order valence-electron chi connectivity index (χ0n) is 17.8. The Bertz CT molecular complexity index is 895. The summed E-state index contributed by atoms with van der Waals surface area (Å²) in [5.41, 5.74) is -3.99. The third kappa shape index (κ3) is 7.22. The minimum atomic E-state index is -5.08. The van der Waals surface area contributed by atoms with Crippen LogP contribution in [0.5, 0.6) is 0 Å². The number of alkyl halides is 6. The Morgan fingerprint density at radius 1 is 1.09 bits per heavy atom. The van der Waals surface area contributed by atoms with E-state index >= 15 is 0 Å². The number of benzene rings is 1. The van der Waals surface area contributed by atoms with Gasteiger partial charge in [0.2, 0.25) is 11.8 Å². The van der Waals surface area contributed by atoms with Gasteiger partial charge in [-0.1, -0.05) is 6.08 Å². The molecular weight excluding hydrogens is 456 g/mol. The Balaban J connectivity index is 2.15. The molecule has 2 atom stereocenters. The fourth-order valence-electron chi connectivity index (χ4n) is 3.12. The van der Waals surface area contributed by atoms with E-state index in [1.807, 2.05) is 0 Å². The molecule has 0 saturated carbocycles. The highest BCUT2D eigenvalue weighted by Crippen LogP contribution is 2.36. The number of nitrogens with one attached hydrogen (secondary N) is 2. The first kappa shape index (κ1) is 26.2. The molecule has 1 aliphatic rings. The third-order valence-corrected chi connectivity index (χ3v) is 5.14. The lowest BCUT2D eigenvalue weighted by molar-refractivity contribution is -0.143. The number of amides is 3. The Hall–Kier alpha value is -3.05. The van der Waals surface area contributed by atoms with Crippen molar-refractivity contribution in [2.24, 2.45) is 0 Å². The normalized spacial score (nSPS) is 18.4. The number of hydrogen-bond acceptors (Lipinski definition) is 3. The molecule has 0 spiro atoms. The molecule has 2 rings (SSSR count). The summed E-state index contributed by atoms with van der Waals surface area (Å²) in [5.74, 6) is -2.03. The fourth-order valence-corrected chi connectivity index (χ4v) is 3.12. The predicted molar refractivity (Wildman–Crippen MR) is 106 cm³/mol. The van der Waals surface area contributed by atoms with Crippen LogP contribution in [0.3, 0.4) is 0 Å². The lowest BCUT2D eigenvalue weighted by atomic mass is 10.0. The summed E-state index contributed by atoms with van der Waals surface area (Å²) in [5, 5.41) is 5.18. The van der Waals surface area contributed by atoms with Gasteiger partial charge in [0, 0.05) is 31.3 Å². The van der Waals surface area contributed by atoms with Gasteiger partial charge in [0.05, 0.1) is 11.1 Å². The van der Waals surface area contributed by atoms with Gasteiger partial charge in [-0.3, -0.25) is 14.4 Å². The van der Waals surface area contributed by atoms with Gasteiger partial charge >= 0.3 is 12.4 Å². The molecule has 0 bridgehead atoms. The van der Waals surface area contributed by atoms with Gasteiger partial charge in [0.25, 0.3) is 5.91 Å². The molecule has 1 heterocycles. The van der Waals surface area contributed by atoms with Crippen LogP contribution < -0.4 is 10.6 Å². The molecule has 0 aromatic heterocycles. The quantitative estimate of drug-likeness (QED) is 0.501. The molecule has 3 amide bonds. The topological polar surface area (TPSA) is 78.5 Å². The van der Waals surface area contributed by atoms with E-state index in [0.717, 1.165) is 23.8 Å². The molecule has 0 radical (unpaired) electrons. The van der Waals surface area contributed by atoms with Crippen LogP contribution in [0.1, 0.15) is 47.7 Å². The molecule has 6 nitrogen and oxygen atoms in total. The average molecular weight is 479 g/mol. The summed E-state index contributed by atoms with van der Waals surface area (Å²) in [6.45, 7) is 1.94. The number of nitrogens with zero attached hydrogens (tertiary/aromatic N) is 1. The lowest BCUT2D eigenvalue weighted by Crippen LogP contribution is -2.45. The molecule has 1 saturated heterocycles. The standard InChI is InChI=1S/C21H23F6N3O3/c1-12(6-7-17(31)29-16-5-3-4-8-28-18(16)32)30(2)19(33)13-9-14(20(22,23)24)11-15(10-13)21(25,26)27/h6-7,9-12,16H,3-5,8H2,1-2H3,(H,28,32)(H,29,31)/b7-6+/t12-,16?/m1/s1. The largest absolute Gasteiger partial charge is 0.416 e. The Morgan fingerprint density at radius 3 is 2.21 bits per heavy atom. The van der Waals surface area contributed by atoms with Gasteiger partial charge in [0.15, 0.2) is 0 Å². The van der Waals surface area contributed by atoms with E-state index in [2.05, 4.69) is 10.6 Å². The van der Waals surface area contributed by atoms with Crippen molar-refractivity contribution in [3.8, 4) is 0 Å². The van der Waals surface area contributed by atoms with Crippen molar-refractivity contribution in [1.82, 2.24) is 15.5 Å². The average Bonchev–Trinajstić information content (AvgIpc) is 2.93. The Morgan fingerprint density at radius 2 is 1.67 bits per heavy atom. The van der Waals surface area contributed by atoms with Crippen molar-refractivity contribution >= 4 is 17.7 Å². The minimum absolute atomic E-state index is 0.0614. The SMILES string of the molecule is C[C@H](/C=C/C(=O)NC1CCCCNC1=O)N(C)C(=O)c1cc(C(F)(F)F)cc(C(F)(F)F)c1. The van der Waals surface area contributed by atoms with Crippen molar-refractivity contribution in [3.63, 3.8) is 0 Å².